The number of allylic oxidation sites excluding steroid dienone is 20. The minimum Gasteiger partial charge on any atom is -0.0885 e. The summed E-state index contributed by atoms with van der Waals surface area (Å²) in [6.45, 7) is 0. The van der Waals surface area contributed by atoms with E-state index >= 15 is 0 Å². The predicted molar refractivity (Wildman–Crippen MR) is 256 cm³/mol. The number of benzene rings is 1. The van der Waals surface area contributed by atoms with Gasteiger partial charge in [0.1, 0.15) is 0 Å². The molecule has 0 heteroatoms. The molecule has 0 saturated heterocycles. The summed E-state index contributed by atoms with van der Waals surface area (Å²) in [5.74, 6) is 0. The summed E-state index contributed by atoms with van der Waals surface area (Å²) in [6.07, 6.45) is 85.0. The Kier molecular flexibility index (Phi) is 43.2. The van der Waals surface area contributed by atoms with Gasteiger partial charge in [0.15, 0.2) is 0 Å². The molecule has 0 bridgehead atoms. The number of rotatable bonds is 0. The van der Waals surface area contributed by atoms with Gasteiger partial charge in [-0.05, 0) is 122 Å². The highest BCUT2D eigenvalue weighted by atomic mass is 14.0. The van der Waals surface area contributed by atoms with Crippen molar-refractivity contribution in [2.75, 3.05) is 0 Å². The number of hydrogen-bond donors (Lipinski definition) is 0. The highest BCUT2D eigenvalue weighted by Gasteiger charge is 1.96. The Hall–Kier alpha value is -3.38. The number of hydrogen-bond acceptors (Lipinski definition) is 0. The van der Waals surface area contributed by atoms with Gasteiger partial charge in [0.2, 0.25) is 0 Å². The van der Waals surface area contributed by atoms with Crippen LogP contribution in [0.4, 0.5) is 0 Å². The zero-order valence-electron chi connectivity index (χ0n) is 36.2. The van der Waals surface area contributed by atoms with Crippen LogP contribution < -0.4 is 0 Å². The lowest BCUT2D eigenvalue weighted by molar-refractivity contribution is 0.504. The molecule has 9 aliphatic carbocycles. The normalized spacial score (nSPS) is 19.4. The van der Waals surface area contributed by atoms with Crippen molar-refractivity contribution < 1.29 is 0 Å². The zero-order chi connectivity index (χ0) is 39.6. The van der Waals surface area contributed by atoms with Crippen LogP contribution in [0.3, 0.4) is 0 Å². The summed E-state index contributed by atoms with van der Waals surface area (Å²) in [4.78, 5) is 0. The van der Waals surface area contributed by atoms with Gasteiger partial charge in [-0.1, -0.05) is 229 Å². The highest BCUT2D eigenvalue weighted by Crippen LogP contribution is 2.16. The first kappa shape index (κ1) is 50.6. The summed E-state index contributed by atoms with van der Waals surface area (Å²) in [7, 11) is 0. The summed E-state index contributed by atoms with van der Waals surface area (Å²) < 4.78 is 0. The van der Waals surface area contributed by atoms with Crippen molar-refractivity contribution in [2.24, 2.45) is 0 Å². The molecular formula is C56H86. The van der Waals surface area contributed by atoms with E-state index in [1.165, 1.54) is 173 Å². The van der Waals surface area contributed by atoms with E-state index in [2.05, 4.69) is 122 Å². The second kappa shape index (κ2) is 47.8. The molecule has 56 heavy (non-hydrogen) atoms. The Morgan fingerprint density at radius 3 is 0.482 bits per heavy atom. The van der Waals surface area contributed by atoms with E-state index in [0.717, 1.165) is 19.3 Å². The van der Waals surface area contributed by atoms with Crippen molar-refractivity contribution in [3.63, 3.8) is 0 Å². The maximum atomic E-state index is 2.27. The molecule has 0 atom stereocenters. The topological polar surface area (TPSA) is 0 Å². The van der Waals surface area contributed by atoms with E-state index in [0.29, 0.717) is 0 Å². The predicted octanol–water partition coefficient (Wildman–Crippen LogP) is 19.0. The van der Waals surface area contributed by atoms with Crippen molar-refractivity contribution in [1.82, 2.24) is 0 Å². The van der Waals surface area contributed by atoms with Gasteiger partial charge < -0.3 is 0 Å². The van der Waals surface area contributed by atoms with Gasteiger partial charge in [-0.2, -0.15) is 0 Å². The maximum absolute atomic E-state index is 2.27. The third-order valence-corrected chi connectivity index (χ3v) is 9.97. The van der Waals surface area contributed by atoms with E-state index in [4.69, 9.17) is 0 Å². The molecule has 10 rings (SSSR count). The second-order valence-corrected chi connectivity index (χ2v) is 15.3. The molecular weight excluding hydrogens is 673 g/mol. The highest BCUT2D eigenvalue weighted by molar-refractivity contribution is 5.12. The van der Waals surface area contributed by atoms with Crippen molar-refractivity contribution >= 4 is 0 Å². The lowest BCUT2D eigenvalue weighted by Gasteiger charge is -2.05. The fourth-order valence-corrected chi connectivity index (χ4v) is 6.51. The van der Waals surface area contributed by atoms with Crippen molar-refractivity contribution in [1.29, 1.82) is 0 Å². The van der Waals surface area contributed by atoms with Crippen LogP contribution in [0.15, 0.2) is 158 Å². The fraction of sp³-hybridized carbons (Fsp3) is 0.536. The standard InChI is InChI=1S/C6H12.2C6H10.2C6H8.C6H6.C5H10.2C5H8.C5H6/c6*1-2-4-6-5-3-1;4*1-2-4-5-3-1/h1-6H2;2*1-2H,3-6H2;1-2,5-6H,3-4H2;1-4H,5-6H2;1-6H;1-5H2;2*1-2H,3-5H2;1-4H,5H2. The largest absolute Gasteiger partial charge is 0.0885 e. The minimum atomic E-state index is 1.14. The molecule has 0 aromatic heterocycles. The van der Waals surface area contributed by atoms with Crippen LogP contribution in [-0.2, 0) is 0 Å². The van der Waals surface area contributed by atoms with Gasteiger partial charge in [0.05, 0.1) is 0 Å². The van der Waals surface area contributed by atoms with Crippen LogP contribution in [-0.4, -0.2) is 0 Å². The van der Waals surface area contributed by atoms with Gasteiger partial charge >= 0.3 is 0 Å². The third-order valence-electron chi connectivity index (χ3n) is 9.97. The van der Waals surface area contributed by atoms with Crippen molar-refractivity contribution in [2.45, 2.75) is 193 Å². The van der Waals surface area contributed by atoms with Gasteiger partial charge in [-0.25, -0.2) is 0 Å². The summed E-state index contributed by atoms with van der Waals surface area (Å²) in [6, 6.07) is 12.0. The smallest absolute Gasteiger partial charge is 0.0163 e. The second-order valence-electron chi connectivity index (χ2n) is 15.3. The molecule has 0 amide bonds. The Bertz CT molecular complexity index is 1030. The Labute approximate surface area is 349 Å². The Morgan fingerprint density at radius 2 is 0.357 bits per heavy atom. The average Bonchev–Trinajstić information content (AvgIpc) is 4.19. The van der Waals surface area contributed by atoms with Crippen LogP contribution in [0.5, 0.6) is 0 Å². The molecule has 0 nitrogen and oxygen atoms in total. The molecule has 0 N–H and O–H groups in total. The molecule has 1 aromatic rings. The van der Waals surface area contributed by atoms with Gasteiger partial charge in [-0.15, -0.1) is 0 Å². The van der Waals surface area contributed by atoms with Crippen molar-refractivity contribution in [3.8, 4) is 0 Å². The summed E-state index contributed by atoms with van der Waals surface area (Å²) >= 11 is 0. The first-order chi connectivity index (χ1) is 28.0. The maximum Gasteiger partial charge on any atom is -0.0163 e. The molecule has 0 spiro atoms. The summed E-state index contributed by atoms with van der Waals surface area (Å²) in [5, 5.41) is 0. The lowest BCUT2D eigenvalue weighted by atomic mass is 10.0. The quantitative estimate of drug-likeness (QED) is 0.231. The Balaban J connectivity index is 0.000000311. The molecule has 0 unspecified atom stereocenters. The van der Waals surface area contributed by atoms with E-state index < -0.39 is 0 Å². The third kappa shape index (κ3) is 45.0. The molecule has 310 valence electrons. The minimum absolute atomic E-state index is 1.14. The van der Waals surface area contributed by atoms with Crippen LogP contribution >= 0.6 is 0 Å². The van der Waals surface area contributed by atoms with E-state index in [1.807, 2.05) is 36.4 Å². The van der Waals surface area contributed by atoms with Gasteiger partial charge in [-0.3, -0.25) is 0 Å². The van der Waals surface area contributed by atoms with Crippen LogP contribution in [0.25, 0.3) is 0 Å². The SMILES string of the molecule is C1=CCC=C1.C1=CCC=CC1.C1=CCCC1.C1=CCCC1.C1=CCCC=C1.C1=CCCCC1.C1=CCCCC1.C1CCCC1.C1CCCCC1.c1ccccc1. The molecule has 1 aromatic carbocycles. The van der Waals surface area contributed by atoms with Crippen molar-refractivity contribution in [3.05, 3.63) is 158 Å². The molecule has 0 aliphatic heterocycles. The average molecular weight is 759 g/mol. The van der Waals surface area contributed by atoms with E-state index in [9.17, 15) is 0 Å². The first-order valence-electron chi connectivity index (χ1n) is 23.5. The molecule has 0 radical (unpaired) electrons. The van der Waals surface area contributed by atoms with E-state index in [1.54, 1.807) is 0 Å². The Morgan fingerprint density at radius 1 is 0.143 bits per heavy atom. The van der Waals surface area contributed by atoms with Gasteiger partial charge in [0.25, 0.3) is 0 Å². The molecule has 9 aliphatic rings. The molecule has 2 saturated carbocycles. The first-order valence-corrected chi connectivity index (χ1v) is 23.5. The van der Waals surface area contributed by atoms with Crippen LogP contribution in [0.1, 0.15) is 193 Å². The van der Waals surface area contributed by atoms with Gasteiger partial charge in [0, 0.05) is 0 Å². The summed E-state index contributed by atoms with van der Waals surface area (Å²) in [5.41, 5.74) is 0. The molecule has 2 fully saturated rings. The fourth-order valence-electron chi connectivity index (χ4n) is 6.51. The van der Waals surface area contributed by atoms with E-state index in [-0.39, 0.29) is 0 Å². The van der Waals surface area contributed by atoms with Crippen LogP contribution in [0, 0.1) is 0 Å². The van der Waals surface area contributed by atoms with Crippen LogP contribution in [0.2, 0.25) is 0 Å². The lowest BCUT2D eigenvalue weighted by Crippen LogP contribution is -1.85. The monoisotopic (exact) mass is 759 g/mol. The molecule has 0 heterocycles. The zero-order valence-corrected chi connectivity index (χ0v) is 36.2.